The molecule has 0 spiro atoms. The summed E-state index contributed by atoms with van der Waals surface area (Å²) in [5.74, 6) is 1.12. The van der Waals surface area contributed by atoms with Crippen molar-refractivity contribution in [2.24, 2.45) is 5.92 Å². The Bertz CT molecular complexity index is 802. The van der Waals surface area contributed by atoms with Crippen LogP contribution in [0.15, 0.2) is 28.7 Å². The number of hydrogen-bond donors (Lipinski definition) is 0. The average Bonchev–Trinajstić information content (AvgIpc) is 2.77. The van der Waals surface area contributed by atoms with Crippen LogP contribution in [0.25, 0.3) is 0 Å². The van der Waals surface area contributed by atoms with Gasteiger partial charge in [-0.15, -0.1) is 0 Å². The minimum atomic E-state index is -0.209. The second-order valence-corrected chi connectivity index (χ2v) is 7.52. The predicted octanol–water partition coefficient (Wildman–Crippen LogP) is 3.17. The number of nitrogens with zero attached hydrogens (tertiary/aromatic N) is 3. The number of aryl methyl sites for hydroxylation is 2. The molecule has 3 fully saturated rings. The summed E-state index contributed by atoms with van der Waals surface area (Å²) in [6.07, 6.45) is 2.16. The van der Waals surface area contributed by atoms with Gasteiger partial charge in [-0.1, -0.05) is 12.1 Å². The summed E-state index contributed by atoms with van der Waals surface area (Å²) in [6.45, 7) is 6.94. The molecule has 3 aliphatic rings. The molecule has 2 aromatic rings. The minimum Gasteiger partial charge on any atom is -0.436 e. The van der Waals surface area contributed by atoms with E-state index in [1.807, 2.05) is 24.0 Å². The van der Waals surface area contributed by atoms with Crippen LogP contribution in [0.4, 0.5) is 4.39 Å². The van der Waals surface area contributed by atoms with Gasteiger partial charge in [-0.2, -0.15) is 0 Å². The number of rotatable bonds is 3. The highest BCUT2D eigenvalue weighted by Crippen LogP contribution is 2.30. The van der Waals surface area contributed by atoms with Crippen LogP contribution in [0.5, 0.6) is 0 Å². The molecule has 1 amide bonds. The molecular weight excluding hydrogens is 333 g/mol. The van der Waals surface area contributed by atoms with E-state index < -0.39 is 0 Å². The number of carbonyl (C=O) groups is 1. The molecule has 0 saturated carbocycles. The first-order valence-corrected chi connectivity index (χ1v) is 9.21. The molecule has 26 heavy (non-hydrogen) atoms. The molecule has 138 valence electrons. The Morgan fingerprint density at radius 3 is 2.65 bits per heavy atom. The topological polar surface area (TPSA) is 49.6 Å². The first kappa shape index (κ1) is 17.2. The lowest BCUT2D eigenvalue weighted by Crippen LogP contribution is -2.47. The summed E-state index contributed by atoms with van der Waals surface area (Å²) in [5, 5.41) is 0. The second kappa shape index (κ2) is 6.83. The quantitative estimate of drug-likeness (QED) is 0.847. The van der Waals surface area contributed by atoms with Gasteiger partial charge >= 0.3 is 0 Å². The van der Waals surface area contributed by atoms with Crippen LogP contribution in [0.1, 0.15) is 40.5 Å². The smallest absolute Gasteiger partial charge is 0.291 e. The van der Waals surface area contributed by atoms with Gasteiger partial charge in [0, 0.05) is 39.1 Å². The van der Waals surface area contributed by atoms with Crippen LogP contribution in [0.3, 0.4) is 0 Å². The zero-order valence-electron chi connectivity index (χ0n) is 15.2. The number of aromatic nitrogens is 1. The summed E-state index contributed by atoms with van der Waals surface area (Å²) in [5.41, 5.74) is 1.77. The van der Waals surface area contributed by atoms with E-state index in [1.54, 1.807) is 6.92 Å². The second-order valence-electron chi connectivity index (χ2n) is 7.52. The Morgan fingerprint density at radius 2 is 1.96 bits per heavy atom. The molecule has 0 aliphatic carbocycles. The van der Waals surface area contributed by atoms with Gasteiger partial charge in [-0.3, -0.25) is 9.69 Å². The van der Waals surface area contributed by atoms with Gasteiger partial charge in [0.25, 0.3) is 5.91 Å². The van der Waals surface area contributed by atoms with Gasteiger partial charge < -0.3 is 9.32 Å². The van der Waals surface area contributed by atoms with Gasteiger partial charge in [0.05, 0.1) is 5.69 Å². The summed E-state index contributed by atoms with van der Waals surface area (Å²) in [7, 11) is 0. The predicted molar refractivity (Wildman–Crippen MR) is 95.2 cm³/mol. The molecule has 0 N–H and O–H groups in total. The summed E-state index contributed by atoms with van der Waals surface area (Å²) in [6, 6.07) is 6.88. The normalized spacial score (nSPS) is 23.3. The van der Waals surface area contributed by atoms with Crippen LogP contribution in [0, 0.1) is 25.6 Å². The van der Waals surface area contributed by atoms with Crippen LogP contribution in [0.2, 0.25) is 0 Å². The molecule has 6 heteroatoms. The van der Waals surface area contributed by atoms with Gasteiger partial charge in [0.15, 0.2) is 5.89 Å². The van der Waals surface area contributed by atoms with Crippen molar-refractivity contribution in [3.05, 3.63) is 53.0 Å². The third-order valence-electron chi connectivity index (χ3n) is 5.47. The van der Waals surface area contributed by atoms with Gasteiger partial charge in [0.1, 0.15) is 5.82 Å². The van der Waals surface area contributed by atoms with E-state index in [0.29, 0.717) is 23.3 Å². The first-order valence-electron chi connectivity index (χ1n) is 9.21. The van der Waals surface area contributed by atoms with Gasteiger partial charge in [0.2, 0.25) is 5.76 Å². The fourth-order valence-electron chi connectivity index (χ4n) is 4.27. The standard InChI is InChI=1S/C20H24FN3O2/c1-13-19(26-14(2)22-13)20(25)24-11-16-5-8-18(24)12-23(10-16)9-15-3-6-17(21)7-4-15/h3-4,6-7,16,18H,5,8-12H2,1-2H3. The van der Waals surface area contributed by atoms with Crippen molar-refractivity contribution in [3.8, 4) is 0 Å². The summed E-state index contributed by atoms with van der Waals surface area (Å²) >= 11 is 0. The Balaban J connectivity index is 1.50. The highest BCUT2D eigenvalue weighted by molar-refractivity contribution is 5.92. The Morgan fingerprint density at radius 1 is 1.19 bits per heavy atom. The SMILES string of the molecule is Cc1nc(C)c(C(=O)N2CC3CCC2CN(Cc2ccc(F)cc2)C3)o1. The zero-order valence-corrected chi connectivity index (χ0v) is 15.2. The number of carbonyl (C=O) groups excluding carboxylic acids is 1. The van der Waals surface area contributed by atoms with Crippen molar-refractivity contribution < 1.29 is 13.6 Å². The van der Waals surface area contributed by atoms with E-state index in [-0.39, 0.29) is 17.8 Å². The average molecular weight is 357 g/mol. The maximum Gasteiger partial charge on any atom is 0.291 e. The van der Waals surface area contributed by atoms with Crippen molar-refractivity contribution in [1.29, 1.82) is 0 Å². The Labute approximate surface area is 152 Å². The van der Waals surface area contributed by atoms with E-state index in [4.69, 9.17) is 4.42 Å². The number of halogens is 1. The molecule has 2 bridgehead atoms. The largest absolute Gasteiger partial charge is 0.436 e. The summed E-state index contributed by atoms with van der Waals surface area (Å²) in [4.78, 5) is 21.6. The number of benzene rings is 1. The number of fused-ring (bicyclic) bond motifs is 4. The van der Waals surface area contributed by atoms with Crippen LogP contribution < -0.4 is 0 Å². The lowest BCUT2D eigenvalue weighted by molar-refractivity contribution is 0.0550. The Hall–Kier alpha value is -2.21. The fourth-order valence-corrected chi connectivity index (χ4v) is 4.27. The molecule has 5 rings (SSSR count). The molecule has 3 aliphatic heterocycles. The molecule has 2 unspecified atom stereocenters. The number of piperidine rings is 1. The first-order chi connectivity index (χ1) is 12.5. The maximum atomic E-state index is 13.1. The molecule has 0 radical (unpaired) electrons. The van der Waals surface area contributed by atoms with Crippen LogP contribution >= 0.6 is 0 Å². The monoisotopic (exact) mass is 357 g/mol. The van der Waals surface area contributed by atoms with Crippen molar-refractivity contribution in [1.82, 2.24) is 14.8 Å². The van der Waals surface area contributed by atoms with Gasteiger partial charge in [-0.05, 0) is 43.4 Å². The molecule has 1 aromatic carbocycles. The molecular formula is C20H24FN3O2. The third-order valence-corrected chi connectivity index (χ3v) is 5.47. The number of amides is 1. The van der Waals surface area contributed by atoms with Crippen molar-refractivity contribution in [2.45, 2.75) is 39.3 Å². The van der Waals surface area contributed by atoms with Crippen molar-refractivity contribution in [3.63, 3.8) is 0 Å². The lowest BCUT2D eigenvalue weighted by atomic mass is 9.94. The minimum absolute atomic E-state index is 0.0403. The van der Waals surface area contributed by atoms with E-state index >= 15 is 0 Å². The lowest BCUT2D eigenvalue weighted by Gasteiger charge is -2.35. The highest BCUT2D eigenvalue weighted by atomic mass is 19.1. The van der Waals surface area contributed by atoms with E-state index in [1.165, 1.54) is 12.1 Å². The van der Waals surface area contributed by atoms with E-state index in [0.717, 1.165) is 44.6 Å². The maximum absolute atomic E-state index is 13.1. The number of hydrogen-bond acceptors (Lipinski definition) is 4. The fraction of sp³-hybridized carbons (Fsp3) is 0.500. The van der Waals surface area contributed by atoms with E-state index in [2.05, 4.69) is 9.88 Å². The van der Waals surface area contributed by atoms with E-state index in [9.17, 15) is 9.18 Å². The molecule has 3 saturated heterocycles. The summed E-state index contributed by atoms with van der Waals surface area (Å²) < 4.78 is 18.7. The molecule has 4 heterocycles. The third kappa shape index (κ3) is 3.38. The van der Waals surface area contributed by atoms with Gasteiger partial charge in [-0.25, -0.2) is 9.37 Å². The number of oxazole rings is 1. The Kier molecular flexibility index (Phi) is 4.53. The molecule has 5 nitrogen and oxygen atoms in total. The zero-order chi connectivity index (χ0) is 18.3. The highest BCUT2D eigenvalue weighted by Gasteiger charge is 2.38. The van der Waals surface area contributed by atoms with Crippen LogP contribution in [-0.4, -0.2) is 46.4 Å². The van der Waals surface area contributed by atoms with Crippen molar-refractivity contribution in [2.75, 3.05) is 19.6 Å². The molecule has 1 aromatic heterocycles. The molecule has 2 atom stereocenters. The van der Waals surface area contributed by atoms with Crippen molar-refractivity contribution >= 4 is 5.91 Å². The van der Waals surface area contributed by atoms with Crippen LogP contribution in [-0.2, 0) is 6.54 Å².